The highest BCUT2D eigenvalue weighted by atomic mass is 16.4. The molecule has 2 unspecified atom stereocenters. The van der Waals surface area contributed by atoms with Gasteiger partial charge < -0.3 is 16.2 Å². The molecule has 2 atom stereocenters. The lowest BCUT2D eigenvalue weighted by Gasteiger charge is -2.28. The molecule has 1 heterocycles. The molecule has 2 rings (SSSR count). The first-order chi connectivity index (χ1) is 7.66. The zero-order valence-corrected chi connectivity index (χ0v) is 9.02. The molecule has 86 valence electrons. The van der Waals surface area contributed by atoms with Crippen LogP contribution in [0.15, 0.2) is 24.3 Å². The van der Waals surface area contributed by atoms with Gasteiger partial charge in [0.05, 0.1) is 5.56 Å². The normalized spacial score (nSPS) is 25.3. The number of aromatic carboxylic acids is 1. The number of benzene rings is 1. The van der Waals surface area contributed by atoms with Crippen LogP contribution in [0.2, 0.25) is 0 Å². The Morgan fingerprint density at radius 3 is 2.94 bits per heavy atom. The van der Waals surface area contributed by atoms with Gasteiger partial charge >= 0.3 is 5.97 Å². The number of hydrogen-bond donors (Lipinski definition) is 3. The van der Waals surface area contributed by atoms with Gasteiger partial charge in [0, 0.05) is 19.1 Å². The zero-order chi connectivity index (χ0) is 11.5. The van der Waals surface area contributed by atoms with Crippen LogP contribution in [0.4, 0.5) is 0 Å². The topological polar surface area (TPSA) is 75.3 Å². The lowest BCUT2D eigenvalue weighted by atomic mass is 9.89. The van der Waals surface area contributed by atoms with Gasteiger partial charge in [0.25, 0.3) is 0 Å². The molecular formula is C12H16N2O2. The fraction of sp³-hybridized carbons (Fsp3) is 0.417. The standard InChI is InChI=1S/C12H16N2O2/c13-11-5-10(6-14-7-11)8-2-1-3-9(4-8)12(15)16/h1-4,10-11,14H,5-7,13H2,(H,15,16). The minimum atomic E-state index is -0.880. The first-order valence-electron chi connectivity index (χ1n) is 5.46. The minimum absolute atomic E-state index is 0.159. The van der Waals surface area contributed by atoms with Crippen LogP contribution in [0.25, 0.3) is 0 Å². The van der Waals surface area contributed by atoms with Crippen LogP contribution in [-0.4, -0.2) is 30.2 Å². The Kier molecular flexibility index (Phi) is 3.22. The summed E-state index contributed by atoms with van der Waals surface area (Å²) in [5.74, 6) is -0.557. The summed E-state index contributed by atoms with van der Waals surface area (Å²) in [5, 5.41) is 12.2. The Bertz CT molecular complexity index is 392. The first-order valence-corrected chi connectivity index (χ1v) is 5.46. The fourth-order valence-corrected chi connectivity index (χ4v) is 2.15. The van der Waals surface area contributed by atoms with Gasteiger partial charge in [-0.25, -0.2) is 4.79 Å². The quantitative estimate of drug-likeness (QED) is 0.688. The summed E-state index contributed by atoms with van der Waals surface area (Å²) in [7, 11) is 0. The van der Waals surface area contributed by atoms with Crippen molar-refractivity contribution in [2.75, 3.05) is 13.1 Å². The number of carboxylic acid groups (broad SMARTS) is 1. The smallest absolute Gasteiger partial charge is 0.335 e. The molecule has 1 aromatic rings. The average Bonchev–Trinajstić information content (AvgIpc) is 2.29. The van der Waals surface area contributed by atoms with Crippen LogP contribution in [0.5, 0.6) is 0 Å². The van der Waals surface area contributed by atoms with Crippen LogP contribution in [0.3, 0.4) is 0 Å². The molecule has 1 aromatic carbocycles. The van der Waals surface area contributed by atoms with Crippen molar-refractivity contribution in [1.82, 2.24) is 5.32 Å². The van der Waals surface area contributed by atoms with Crippen molar-refractivity contribution in [2.24, 2.45) is 5.73 Å². The molecule has 1 aliphatic heterocycles. The SMILES string of the molecule is NC1CNCC(c2cccc(C(=O)O)c2)C1. The highest BCUT2D eigenvalue weighted by Gasteiger charge is 2.20. The molecular weight excluding hydrogens is 204 g/mol. The van der Waals surface area contributed by atoms with Crippen molar-refractivity contribution < 1.29 is 9.90 Å². The second-order valence-electron chi connectivity index (χ2n) is 4.28. The summed E-state index contributed by atoms with van der Waals surface area (Å²) in [6.07, 6.45) is 0.913. The molecule has 4 N–H and O–H groups in total. The average molecular weight is 220 g/mol. The van der Waals surface area contributed by atoms with Gasteiger partial charge in [-0.2, -0.15) is 0 Å². The second-order valence-corrected chi connectivity index (χ2v) is 4.28. The molecule has 0 aliphatic carbocycles. The number of carbonyl (C=O) groups is 1. The molecule has 0 aromatic heterocycles. The number of nitrogens with two attached hydrogens (primary N) is 1. The van der Waals surface area contributed by atoms with Crippen molar-refractivity contribution in [1.29, 1.82) is 0 Å². The Balaban J connectivity index is 2.19. The van der Waals surface area contributed by atoms with E-state index >= 15 is 0 Å². The second kappa shape index (κ2) is 4.63. The number of piperidine rings is 1. The van der Waals surface area contributed by atoms with Crippen LogP contribution in [0.1, 0.15) is 28.3 Å². The van der Waals surface area contributed by atoms with E-state index in [2.05, 4.69) is 5.32 Å². The van der Waals surface area contributed by atoms with Gasteiger partial charge in [0.2, 0.25) is 0 Å². The molecule has 1 fully saturated rings. The molecule has 1 saturated heterocycles. The van der Waals surface area contributed by atoms with Gasteiger partial charge in [-0.15, -0.1) is 0 Å². The van der Waals surface area contributed by atoms with Crippen molar-refractivity contribution >= 4 is 5.97 Å². The highest BCUT2D eigenvalue weighted by Crippen LogP contribution is 2.23. The van der Waals surface area contributed by atoms with Gasteiger partial charge in [-0.3, -0.25) is 0 Å². The summed E-state index contributed by atoms with van der Waals surface area (Å²) >= 11 is 0. The maximum absolute atomic E-state index is 10.9. The van der Waals surface area contributed by atoms with Crippen molar-refractivity contribution in [3.63, 3.8) is 0 Å². The largest absolute Gasteiger partial charge is 0.478 e. The molecule has 0 saturated carbocycles. The van der Waals surface area contributed by atoms with E-state index in [1.54, 1.807) is 18.2 Å². The maximum atomic E-state index is 10.9. The minimum Gasteiger partial charge on any atom is -0.478 e. The van der Waals surface area contributed by atoms with Gasteiger partial charge in [-0.1, -0.05) is 12.1 Å². The van der Waals surface area contributed by atoms with Crippen LogP contribution < -0.4 is 11.1 Å². The number of hydrogen-bond acceptors (Lipinski definition) is 3. The van der Waals surface area contributed by atoms with E-state index in [0.29, 0.717) is 11.5 Å². The lowest BCUT2D eigenvalue weighted by Crippen LogP contribution is -2.43. The third kappa shape index (κ3) is 2.40. The Labute approximate surface area is 94.5 Å². The Hall–Kier alpha value is -1.39. The lowest BCUT2D eigenvalue weighted by molar-refractivity contribution is 0.0696. The maximum Gasteiger partial charge on any atom is 0.335 e. The fourth-order valence-electron chi connectivity index (χ4n) is 2.15. The van der Waals surface area contributed by atoms with E-state index in [1.807, 2.05) is 6.07 Å². The predicted molar refractivity (Wildman–Crippen MR) is 61.6 cm³/mol. The van der Waals surface area contributed by atoms with Gasteiger partial charge in [-0.05, 0) is 30.0 Å². The zero-order valence-electron chi connectivity index (χ0n) is 9.02. The third-order valence-electron chi connectivity index (χ3n) is 2.99. The van der Waals surface area contributed by atoms with E-state index in [4.69, 9.17) is 10.8 Å². The van der Waals surface area contributed by atoms with Crippen LogP contribution >= 0.6 is 0 Å². The summed E-state index contributed by atoms with van der Waals surface area (Å²) < 4.78 is 0. The van der Waals surface area contributed by atoms with E-state index < -0.39 is 5.97 Å². The van der Waals surface area contributed by atoms with Crippen molar-refractivity contribution in [3.05, 3.63) is 35.4 Å². The number of rotatable bonds is 2. The monoisotopic (exact) mass is 220 g/mol. The number of nitrogens with one attached hydrogen (secondary N) is 1. The molecule has 4 heteroatoms. The Morgan fingerprint density at radius 2 is 2.25 bits per heavy atom. The van der Waals surface area contributed by atoms with Gasteiger partial charge in [0.15, 0.2) is 0 Å². The summed E-state index contributed by atoms with van der Waals surface area (Å²) in [4.78, 5) is 10.9. The van der Waals surface area contributed by atoms with Crippen molar-refractivity contribution in [3.8, 4) is 0 Å². The predicted octanol–water partition coefficient (Wildman–Crippen LogP) is 0.789. The summed E-state index contributed by atoms with van der Waals surface area (Å²) in [5.41, 5.74) is 7.28. The molecule has 0 spiro atoms. The van der Waals surface area contributed by atoms with Crippen molar-refractivity contribution in [2.45, 2.75) is 18.4 Å². The first kappa shape index (κ1) is 11.1. The molecule has 16 heavy (non-hydrogen) atoms. The number of carboxylic acids is 1. The molecule has 0 amide bonds. The van der Waals surface area contributed by atoms with Gasteiger partial charge in [0.1, 0.15) is 0 Å². The molecule has 0 radical (unpaired) electrons. The molecule has 0 bridgehead atoms. The summed E-state index contributed by atoms with van der Waals surface area (Å²) in [6.45, 7) is 1.71. The molecule has 4 nitrogen and oxygen atoms in total. The van der Waals surface area contributed by atoms with E-state index in [-0.39, 0.29) is 6.04 Å². The van der Waals surface area contributed by atoms with Crippen LogP contribution in [0, 0.1) is 0 Å². The van der Waals surface area contributed by atoms with E-state index in [0.717, 1.165) is 25.1 Å². The Morgan fingerprint density at radius 1 is 1.44 bits per heavy atom. The molecule has 1 aliphatic rings. The van der Waals surface area contributed by atoms with Crippen LogP contribution in [-0.2, 0) is 0 Å². The van der Waals surface area contributed by atoms with E-state index in [9.17, 15) is 4.79 Å². The summed E-state index contributed by atoms with van der Waals surface area (Å²) in [6, 6.07) is 7.28. The third-order valence-corrected chi connectivity index (χ3v) is 2.99. The highest BCUT2D eigenvalue weighted by molar-refractivity contribution is 5.87. The van der Waals surface area contributed by atoms with E-state index in [1.165, 1.54) is 0 Å².